The topological polar surface area (TPSA) is 112 Å². The van der Waals surface area contributed by atoms with E-state index < -0.39 is 5.91 Å². The predicted octanol–water partition coefficient (Wildman–Crippen LogP) is 2.94. The van der Waals surface area contributed by atoms with Crippen molar-refractivity contribution in [1.29, 1.82) is 0 Å². The molecule has 4 rings (SSSR count). The molecular weight excluding hydrogens is 396 g/mol. The molecule has 2 heterocycles. The van der Waals surface area contributed by atoms with Gasteiger partial charge < -0.3 is 5.32 Å². The highest BCUT2D eigenvalue weighted by Gasteiger charge is 2.36. The number of carbonyl (C=O) groups is 3. The summed E-state index contributed by atoms with van der Waals surface area (Å²) in [6, 6.07) is 14.5. The number of nitrogens with one attached hydrogen (secondary N) is 2. The number of anilines is 1. The molecule has 31 heavy (non-hydrogen) atoms. The van der Waals surface area contributed by atoms with Gasteiger partial charge in [0.25, 0.3) is 23.3 Å². The number of fused-ring (bicyclic) bond motifs is 1. The van der Waals surface area contributed by atoms with Crippen LogP contribution < -0.4 is 10.9 Å². The lowest BCUT2D eigenvalue weighted by atomic mass is 10.0. The van der Waals surface area contributed by atoms with Crippen molar-refractivity contribution in [1.82, 2.24) is 15.1 Å². The van der Waals surface area contributed by atoms with Gasteiger partial charge in [0.1, 0.15) is 0 Å². The van der Waals surface area contributed by atoms with Gasteiger partial charge in [-0.3, -0.25) is 24.1 Å². The normalized spacial score (nSPS) is 12.9. The molecule has 0 fully saturated rings. The zero-order chi connectivity index (χ0) is 22.1. The highest BCUT2D eigenvalue weighted by Crippen LogP contribution is 2.26. The second kappa shape index (κ2) is 7.98. The Hall–Kier alpha value is -4.07. The van der Waals surface area contributed by atoms with Gasteiger partial charge in [0.2, 0.25) is 0 Å². The molecule has 0 unspecified atom stereocenters. The lowest BCUT2D eigenvalue weighted by Crippen LogP contribution is -2.33. The Morgan fingerprint density at radius 2 is 1.77 bits per heavy atom. The number of imide groups is 1. The van der Waals surface area contributed by atoms with Crippen molar-refractivity contribution in [2.45, 2.75) is 13.8 Å². The summed E-state index contributed by atoms with van der Waals surface area (Å²) in [4.78, 5) is 50.3. The van der Waals surface area contributed by atoms with Crippen LogP contribution in [0.1, 0.15) is 44.9 Å². The van der Waals surface area contributed by atoms with Crippen LogP contribution in [0.2, 0.25) is 0 Å². The summed E-state index contributed by atoms with van der Waals surface area (Å²) in [5, 5.41) is 9.15. The second-order valence-electron chi connectivity index (χ2n) is 7.72. The van der Waals surface area contributed by atoms with Crippen LogP contribution in [0.3, 0.4) is 0 Å². The minimum absolute atomic E-state index is 0.147. The molecule has 0 radical (unpaired) electrons. The fraction of sp³-hybridized carbons (Fsp3) is 0.174. The van der Waals surface area contributed by atoms with Gasteiger partial charge in [0.05, 0.1) is 16.8 Å². The SMILES string of the molecule is CC(C)CN1C(=O)c2ccc(C(=O)Nc3cccc(-c4ccc(=O)[nH]n4)c3)cc2C1=O. The number of hydrogen-bond acceptors (Lipinski definition) is 5. The van der Waals surface area contributed by atoms with E-state index in [1.54, 1.807) is 30.3 Å². The van der Waals surface area contributed by atoms with Crippen molar-refractivity contribution in [3.05, 3.63) is 81.6 Å². The standard InChI is InChI=1S/C23H20N4O4/c1-13(2)12-27-22(30)17-7-6-15(11-18(17)23(27)31)21(29)24-16-5-3-4-14(10-16)19-8-9-20(28)26-25-19/h3-11,13H,12H2,1-2H3,(H,24,29)(H,26,28). The zero-order valence-electron chi connectivity index (χ0n) is 17.0. The summed E-state index contributed by atoms with van der Waals surface area (Å²) >= 11 is 0. The average Bonchev–Trinajstić information content (AvgIpc) is 2.98. The Labute approximate surface area is 177 Å². The molecule has 0 saturated heterocycles. The third-order valence-corrected chi connectivity index (χ3v) is 4.88. The Morgan fingerprint density at radius 3 is 2.48 bits per heavy atom. The van der Waals surface area contributed by atoms with Crippen LogP contribution in [0.15, 0.2) is 59.4 Å². The number of benzene rings is 2. The number of amides is 3. The molecule has 0 spiro atoms. The molecule has 1 aliphatic rings. The predicted molar refractivity (Wildman–Crippen MR) is 115 cm³/mol. The number of hydrogen-bond donors (Lipinski definition) is 2. The first-order valence-electron chi connectivity index (χ1n) is 9.81. The van der Waals surface area contributed by atoms with Crippen molar-refractivity contribution in [3.63, 3.8) is 0 Å². The van der Waals surface area contributed by atoms with Crippen LogP contribution in [0.4, 0.5) is 5.69 Å². The van der Waals surface area contributed by atoms with Crippen molar-refractivity contribution in [2.24, 2.45) is 5.92 Å². The first-order chi connectivity index (χ1) is 14.8. The Balaban J connectivity index is 1.56. The Morgan fingerprint density at radius 1 is 1.00 bits per heavy atom. The first-order valence-corrected chi connectivity index (χ1v) is 9.81. The third-order valence-electron chi connectivity index (χ3n) is 4.88. The van der Waals surface area contributed by atoms with Crippen LogP contribution in [-0.4, -0.2) is 39.4 Å². The minimum atomic E-state index is -0.406. The molecule has 8 nitrogen and oxygen atoms in total. The second-order valence-corrected chi connectivity index (χ2v) is 7.72. The van der Waals surface area contributed by atoms with E-state index >= 15 is 0 Å². The van der Waals surface area contributed by atoms with Gasteiger partial charge in [-0.2, -0.15) is 5.10 Å². The highest BCUT2D eigenvalue weighted by atomic mass is 16.2. The van der Waals surface area contributed by atoms with Crippen LogP contribution in [0.5, 0.6) is 0 Å². The van der Waals surface area contributed by atoms with Gasteiger partial charge in [0, 0.05) is 29.4 Å². The van der Waals surface area contributed by atoms with E-state index in [0.717, 1.165) is 0 Å². The van der Waals surface area contributed by atoms with Crippen LogP contribution in [0, 0.1) is 5.92 Å². The van der Waals surface area contributed by atoms with E-state index in [4.69, 9.17) is 0 Å². The molecule has 2 aromatic carbocycles. The molecule has 3 amide bonds. The number of aromatic nitrogens is 2. The fourth-order valence-electron chi connectivity index (χ4n) is 3.43. The Bertz CT molecular complexity index is 1240. The lowest BCUT2D eigenvalue weighted by Gasteiger charge is -2.15. The van der Waals surface area contributed by atoms with Gasteiger partial charge in [-0.1, -0.05) is 26.0 Å². The molecule has 0 atom stereocenters. The number of nitrogens with zero attached hydrogens (tertiary/aromatic N) is 2. The van der Waals surface area contributed by atoms with Gasteiger partial charge in [-0.25, -0.2) is 5.10 Å². The van der Waals surface area contributed by atoms with Gasteiger partial charge >= 0.3 is 0 Å². The summed E-state index contributed by atoms with van der Waals surface area (Å²) in [5.74, 6) is -0.970. The van der Waals surface area contributed by atoms with Crippen LogP contribution in [-0.2, 0) is 0 Å². The molecular formula is C23H20N4O4. The number of H-pyrrole nitrogens is 1. The molecule has 0 aliphatic carbocycles. The first kappa shape index (κ1) is 20.2. The summed E-state index contributed by atoms with van der Waals surface area (Å²) < 4.78 is 0. The van der Waals surface area contributed by atoms with Crippen molar-refractivity contribution < 1.29 is 14.4 Å². The Kier molecular flexibility index (Phi) is 5.21. The molecule has 2 N–H and O–H groups in total. The van der Waals surface area contributed by atoms with Crippen LogP contribution in [0.25, 0.3) is 11.3 Å². The van der Waals surface area contributed by atoms with E-state index in [2.05, 4.69) is 15.5 Å². The van der Waals surface area contributed by atoms with E-state index in [1.165, 1.54) is 29.2 Å². The molecule has 156 valence electrons. The van der Waals surface area contributed by atoms with Gasteiger partial charge in [0.15, 0.2) is 0 Å². The monoisotopic (exact) mass is 416 g/mol. The molecule has 3 aromatic rings. The number of rotatable bonds is 5. The summed E-state index contributed by atoms with van der Waals surface area (Å²) in [7, 11) is 0. The maximum atomic E-state index is 12.8. The lowest BCUT2D eigenvalue weighted by molar-refractivity contribution is 0.0636. The van der Waals surface area contributed by atoms with Crippen molar-refractivity contribution in [2.75, 3.05) is 11.9 Å². The van der Waals surface area contributed by atoms with Crippen molar-refractivity contribution >= 4 is 23.4 Å². The number of aromatic amines is 1. The zero-order valence-corrected chi connectivity index (χ0v) is 17.0. The van der Waals surface area contributed by atoms with E-state index in [1.807, 2.05) is 13.8 Å². The molecule has 1 aromatic heterocycles. The quantitative estimate of drug-likeness (QED) is 0.621. The molecule has 0 bridgehead atoms. The van der Waals surface area contributed by atoms with Crippen LogP contribution >= 0.6 is 0 Å². The van der Waals surface area contributed by atoms with Gasteiger partial charge in [-0.05, 0) is 42.3 Å². The largest absolute Gasteiger partial charge is 0.322 e. The van der Waals surface area contributed by atoms with E-state index in [9.17, 15) is 19.2 Å². The van der Waals surface area contributed by atoms with Gasteiger partial charge in [-0.15, -0.1) is 0 Å². The maximum Gasteiger partial charge on any atom is 0.264 e. The summed E-state index contributed by atoms with van der Waals surface area (Å²) in [6.07, 6.45) is 0. The molecule has 8 heteroatoms. The number of carbonyl (C=O) groups excluding carboxylic acids is 3. The summed E-state index contributed by atoms with van der Waals surface area (Å²) in [6.45, 7) is 4.19. The highest BCUT2D eigenvalue weighted by molar-refractivity contribution is 6.22. The fourth-order valence-corrected chi connectivity index (χ4v) is 3.43. The maximum absolute atomic E-state index is 12.8. The summed E-state index contributed by atoms with van der Waals surface area (Å²) in [5.41, 5.74) is 2.33. The smallest absolute Gasteiger partial charge is 0.264 e. The molecule has 0 saturated carbocycles. The average molecular weight is 416 g/mol. The molecule has 1 aliphatic heterocycles. The van der Waals surface area contributed by atoms with E-state index in [-0.39, 0.29) is 34.4 Å². The van der Waals surface area contributed by atoms with Crippen molar-refractivity contribution in [3.8, 4) is 11.3 Å². The van der Waals surface area contributed by atoms with E-state index in [0.29, 0.717) is 29.1 Å². The third kappa shape index (κ3) is 4.00. The minimum Gasteiger partial charge on any atom is -0.322 e.